The third-order valence-electron chi connectivity index (χ3n) is 4.74. The van der Waals surface area contributed by atoms with Crippen molar-refractivity contribution in [1.29, 1.82) is 0 Å². The molecule has 142 valence electrons. The number of rotatable bonds is 4. The van der Waals surface area contributed by atoms with Gasteiger partial charge in [-0.05, 0) is 43.7 Å². The van der Waals surface area contributed by atoms with Gasteiger partial charge in [-0.2, -0.15) is 4.98 Å². The third-order valence-corrected chi connectivity index (χ3v) is 4.99. The van der Waals surface area contributed by atoms with Gasteiger partial charge in [0.05, 0.1) is 16.8 Å². The highest BCUT2D eigenvalue weighted by atomic mass is 35.5. The highest BCUT2D eigenvalue weighted by Gasteiger charge is 2.20. The SMILES string of the molecule is CCN(C)c1nc(-c2ccc(Cl)cc2)c2c(N)n(-c3cccc(C)c3)nc2n1. The van der Waals surface area contributed by atoms with E-state index in [2.05, 4.69) is 11.9 Å². The minimum Gasteiger partial charge on any atom is -0.383 e. The van der Waals surface area contributed by atoms with Crippen LogP contribution in [0.5, 0.6) is 0 Å². The van der Waals surface area contributed by atoms with Crippen LogP contribution in [0.4, 0.5) is 11.8 Å². The van der Waals surface area contributed by atoms with Crippen LogP contribution in [0.3, 0.4) is 0 Å². The fraction of sp³-hybridized carbons (Fsp3) is 0.190. The van der Waals surface area contributed by atoms with E-state index < -0.39 is 0 Å². The summed E-state index contributed by atoms with van der Waals surface area (Å²) in [4.78, 5) is 11.4. The molecule has 0 amide bonds. The van der Waals surface area contributed by atoms with E-state index in [0.717, 1.165) is 34.4 Å². The number of hydrogen-bond acceptors (Lipinski definition) is 5. The summed E-state index contributed by atoms with van der Waals surface area (Å²) in [5, 5.41) is 6.10. The first kappa shape index (κ1) is 18.3. The normalized spacial score (nSPS) is 11.1. The van der Waals surface area contributed by atoms with E-state index >= 15 is 0 Å². The Bertz CT molecular complexity index is 1150. The van der Waals surface area contributed by atoms with Crippen LogP contribution in [0.15, 0.2) is 48.5 Å². The highest BCUT2D eigenvalue weighted by Crippen LogP contribution is 2.33. The Morgan fingerprint density at radius 1 is 1.11 bits per heavy atom. The van der Waals surface area contributed by atoms with Gasteiger partial charge in [-0.25, -0.2) is 9.67 Å². The number of hydrogen-bond donors (Lipinski definition) is 1. The van der Waals surface area contributed by atoms with Gasteiger partial charge in [0.25, 0.3) is 0 Å². The van der Waals surface area contributed by atoms with Crippen molar-refractivity contribution in [1.82, 2.24) is 19.7 Å². The molecule has 4 rings (SSSR count). The van der Waals surface area contributed by atoms with Crippen LogP contribution in [0.25, 0.3) is 28.0 Å². The number of benzene rings is 2. The average Bonchev–Trinajstić information content (AvgIpc) is 3.04. The van der Waals surface area contributed by atoms with Crippen molar-refractivity contribution < 1.29 is 0 Å². The molecule has 4 aromatic rings. The minimum absolute atomic E-state index is 0.510. The Morgan fingerprint density at radius 3 is 2.54 bits per heavy atom. The van der Waals surface area contributed by atoms with Gasteiger partial charge in [-0.1, -0.05) is 35.9 Å². The molecular formula is C21H21ClN6. The number of anilines is 2. The number of aromatic nitrogens is 4. The van der Waals surface area contributed by atoms with Crippen molar-refractivity contribution in [3.63, 3.8) is 0 Å². The van der Waals surface area contributed by atoms with Crippen molar-refractivity contribution in [2.45, 2.75) is 13.8 Å². The highest BCUT2D eigenvalue weighted by molar-refractivity contribution is 6.30. The van der Waals surface area contributed by atoms with E-state index in [0.29, 0.717) is 22.4 Å². The Morgan fingerprint density at radius 2 is 1.86 bits per heavy atom. The Kier molecular flexibility index (Phi) is 4.65. The topological polar surface area (TPSA) is 72.9 Å². The number of aryl methyl sites for hydroxylation is 1. The lowest BCUT2D eigenvalue weighted by Gasteiger charge is -2.15. The molecule has 2 aromatic carbocycles. The fourth-order valence-corrected chi connectivity index (χ4v) is 3.21. The van der Waals surface area contributed by atoms with Gasteiger partial charge in [-0.3, -0.25) is 0 Å². The lowest BCUT2D eigenvalue weighted by molar-refractivity contribution is 0.884. The molecule has 0 unspecified atom stereocenters. The molecule has 28 heavy (non-hydrogen) atoms. The van der Waals surface area contributed by atoms with Crippen LogP contribution < -0.4 is 10.6 Å². The Labute approximate surface area is 168 Å². The summed E-state index contributed by atoms with van der Waals surface area (Å²) < 4.78 is 1.72. The molecule has 0 saturated carbocycles. The van der Waals surface area contributed by atoms with Crippen molar-refractivity contribution in [3.05, 3.63) is 59.1 Å². The number of nitrogen functional groups attached to an aromatic ring is 1. The molecule has 2 aromatic heterocycles. The zero-order valence-corrected chi connectivity index (χ0v) is 16.8. The maximum atomic E-state index is 6.53. The zero-order valence-electron chi connectivity index (χ0n) is 16.0. The summed E-state index contributed by atoms with van der Waals surface area (Å²) in [7, 11) is 1.95. The summed E-state index contributed by atoms with van der Waals surface area (Å²) in [5.74, 6) is 1.12. The molecule has 0 saturated heterocycles. The van der Waals surface area contributed by atoms with Crippen LogP contribution in [-0.2, 0) is 0 Å². The summed E-state index contributed by atoms with van der Waals surface area (Å²) in [6.07, 6.45) is 0. The molecule has 2 N–H and O–H groups in total. The smallest absolute Gasteiger partial charge is 0.227 e. The number of fused-ring (bicyclic) bond motifs is 1. The van der Waals surface area contributed by atoms with Crippen molar-refractivity contribution in [2.75, 3.05) is 24.2 Å². The summed E-state index contributed by atoms with van der Waals surface area (Å²) in [6, 6.07) is 15.6. The van der Waals surface area contributed by atoms with Gasteiger partial charge in [0.15, 0.2) is 5.65 Å². The zero-order chi connectivity index (χ0) is 19.8. The van der Waals surface area contributed by atoms with E-state index in [1.165, 1.54) is 0 Å². The van der Waals surface area contributed by atoms with Gasteiger partial charge in [-0.15, -0.1) is 5.10 Å². The monoisotopic (exact) mass is 392 g/mol. The molecule has 0 atom stereocenters. The predicted octanol–water partition coefficient (Wildman–Crippen LogP) is 4.48. The molecule has 0 bridgehead atoms. The van der Waals surface area contributed by atoms with Crippen LogP contribution in [-0.4, -0.2) is 33.3 Å². The molecule has 0 aliphatic heterocycles. The number of nitrogens with zero attached hydrogens (tertiary/aromatic N) is 5. The summed E-state index contributed by atoms with van der Waals surface area (Å²) in [5.41, 5.74) is 10.8. The second-order valence-corrected chi connectivity index (χ2v) is 7.16. The van der Waals surface area contributed by atoms with E-state index in [1.54, 1.807) is 4.68 Å². The maximum absolute atomic E-state index is 6.53. The van der Waals surface area contributed by atoms with E-state index in [-0.39, 0.29) is 0 Å². The largest absolute Gasteiger partial charge is 0.383 e. The molecule has 0 aliphatic carbocycles. The molecule has 0 fully saturated rings. The first-order chi connectivity index (χ1) is 13.5. The lowest BCUT2D eigenvalue weighted by atomic mass is 10.1. The first-order valence-electron chi connectivity index (χ1n) is 9.08. The van der Waals surface area contributed by atoms with Gasteiger partial charge < -0.3 is 10.6 Å². The van der Waals surface area contributed by atoms with Gasteiger partial charge in [0.1, 0.15) is 5.82 Å². The standard InChI is InChI=1S/C21H21ClN6/c1-4-27(3)21-24-18(14-8-10-15(22)11-9-14)17-19(23)28(26-20(17)25-21)16-7-5-6-13(2)12-16/h5-12H,4,23H2,1-3H3. The summed E-state index contributed by atoms with van der Waals surface area (Å²) >= 11 is 6.07. The lowest BCUT2D eigenvalue weighted by Crippen LogP contribution is -2.19. The Balaban J connectivity index is 2.01. The fourth-order valence-electron chi connectivity index (χ4n) is 3.09. The van der Waals surface area contributed by atoms with E-state index in [9.17, 15) is 0 Å². The number of nitrogens with two attached hydrogens (primary N) is 1. The van der Waals surface area contributed by atoms with Crippen LogP contribution in [0.1, 0.15) is 12.5 Å². The second kappa shape index (κ2) is 7.13. The quantitative estimate of drug-likeness (QED) is 0.554. The van der Waals surface area contributed by atoms with Crippen LogP contribution in [0.2, 0.25) is 5.02 Å². The van der Waals surface area contributed by atoms with Gasteiger partial charge in [0, 0.05) is 24.2 Å². The van der Waals surface area contributed by atoms with Crippen LogP contribution >= 0.6 is 11.6 Å². The molecule has 7 heteroatoms. The maximum Gasteiger partial charge on any atom is 0.227 e. The molecule has 0 radical (unpaired) electrons. The molecule has 2 heterocycles. The van der Waals surface area contributed by atoms with Crippen molar-refractivity contribution in [3.8, 4) is 16.9 Å². The Hall–Kier alpha value is -3.12. The first-order valence-corrected chi connectivity index (χ1v) is 9.46. The summed E-state index contributed by atoms with van der Waals surface area (Å²) in [6.45, 7) is 4.87. The number of halogens is 1. The molecule has 6 nitrogen and oxygen atoms in total. The van der Waals surface area contributed by atoms with E-state index in [4.69, 9.17) is 27.4 Å². The van der Waals surface area contributed by atoms with Gasteiger partial charge in [0.2, 0.25) is 5.95 Å². The second-order valence-electron chi connectivity index (χ2n) is 6.73. The molecule has 0 aliphatic rings. The van der Waals surface area contributed by atoms with Crippen molar-refractivity contribution in [2.24, 2.45) is 0 Å². The molecular weight excluding hydrogens is 372 g/mol. The third kappa shape index (κ3) is 3.16. The van der Waals surface area contributed by atoms with E-state index in [1.807, 2.05) is 67.4 Å². The predicted molar refractivity (Wildman–Crippen MR) is 115 cm³/mol. The minimum atomic E-state index is 0.510. The average molecular weight is 393 g/mol. The van der Waals surface area contributed by atoms with Crippen LogP contribution in [0, 0.1) is 6.92 Å². The van der Waals surface area contributed by atoms with Crippen molar-refractivity contribution >= 4 is 34.4 Å². The van der Waals surface area contributed by atoms with Gasteiger partial charge >= 0.3 is 0 Å². The molecule has 0 spiro atoms.